The molecule has 2 aromatic heterocycles. The summed E-state index contributed by atoms with van der Waals surface area (Å²) in [5.74, 6) is -0.633. The van der Waals surface area contributed by atoms with Gasteiger partial charge in [-0.1, -0.05) is 24.3 Å². The summed E-state index contributed by atoms with van der Waals surface area (Å²) in [5.41, 5.74) is 7.30. The molecule has 0 atom stereocenters. The Balaban J connectivity index is 0.00000107. The molecule has 38 heavy (non-hydrogen) atoms. The predicted molar refractivity (Wildman–Crippen MR) is 144 cm³/mol. The number of anilines is 1. The predicted octanol–water partition coefficient (Wildman–Crippen LogP) is 3.61. The van der Waals surface area contributed by atoms with Crippen LogP contribution in [-0.4, -0.2) is 49.4 Å². The van der Waals surface area contributed by atoms with Crippen LogP contribution in [0.15, 0.2) is 61.6 Å². The third kappa shape index (κ3) is 6.18. The Kier molecular flexibility index (Phi) is 8.38. The lowest BCUT2D eigenvalue weighted by Crippen LogP contribution is -2.46. The number of carbonyl (C=O) groups excluding carboxylic acids is 2. The van der Waals surface area contributed by atoms with Crippen LogP contribution >= 0.6 is 0 Å². The van der Waals surface area contributed by atoms with Crippen LogP contribution in [0.5, 0.6) is 0 Å². The lowest BCUT2D eigenvalue weighted by molar-refractivity contribution is -0.117. The molecule has 1 saturated heterocycles. The fraction of sp³-hybridized carbons (Fsp3) is 0.393. The van der Waals surface area contributed by atoms with Crippen molar-refractivity contribution in [1.82, 2.24) is 24.5 Å². The van der Waals surface area contributed by atoms with Gasteiger partial charge in [0.1, 0.15) is 5.56 Å². The number of primary amides is 1. The SMILES string of the molecule is C=CC.N#CCC1(n2cc(C(N)=O)c(NC(=O)C3CC3)n2)CCN(Cc2cnn(-c3ccccc3)c2)CC1. The first-order valence-corrected chi connectivity index (χ1v) is 12.8. The summed E-state index contributed by atoms with van der Waals surface area (Å²) in [7, 11) is 0. The van der Waals surface area contributed by atoms with Crippen molar-refractivity contribution >= 4 is 17.6 Å². The van der Waals surface area contributed by atoms with Gasteiger partial charge >= 0.3 is 0 Å². The van der Waals surface area contributed by atoms with Gasteiger partial charge in [0, 0.05) is 43.5 Å². The van der Waals surface area contributed by atoms with Crippen LogP contribution < -0.4 is 11.1 Å². The first-order valence-electron chi connectivity index (χ1n) is 12.8. The average molecular weight is 515 g/mol. The van der Waals surface area contributed by atoms with Gasteiger partial charge in [0.05, 0.1) is 29.9 Å². The molecule has 1 aromatic carbocycles. The third-order valence-corrected chi connectivity index (χ3v) is 6.91. The van der Waals surface area contributed by atoms with E-state index in [4.69, 9.17) is 5.73 Å². The maximum atomic E-state index is 12.3. The fourth-order valence-corrected chi connectivity index (χ4v) is 4.64. The summed E-state index contributed by atoms with van der Waals surface area (Å²) < 4.78 is 3.55. The summed E-state index contributed by atoms with van der Waals surface area (Å²) in [4.78, 5) is 26.6. The van der Waals surface area contributed by atoms with Crippen molar-refractivity contribution in [2.75, 3.05) is 18.4 Å². The van der Waals surface area contributed by atoms with E-state index in [2.05, 4.69) is 33.1 Å². The van der Waals surface area contributed by atoms with E-state index in [0.717, 1.165) is 43.7 Å². The van der Waals surface area contributed by atoms with Crippen molar-refractivity contribution in [3.63, 3.8) is 0 Å². The van der Waals surface area contributed by atoms with Crippen LogP contribution in [0.25, 0.3) is 5.69 Å². The molecule has 3 N–H and O–H groups in total. The molecule has 1 aliphatic carbocycles. The number of nitrogens with one attached hydrogen (secondary N) is 1. The lowest BCUT2D eigenvalue weighted by atomic mass is 9.85. The molecule has 5 rings (SSSR count). The molecule has 10 nitrogen and oxygen atoms in total. The Hall–Kier alpha value is -4.23. The summed E-state index contributed by atoms with van der Waals surface area (Å²) in [6, 6.07) is 12.3. The van der Waals surface area contributed by atoms with Gasteiger partial charge in [0.15, 0.2) is 5.82 Å². The molecular weight excluding hydrogens is 480 g/mol. The maximum Gasteiger partial charge on any atom is 0.254 e. The summed E-state index contributed by atoms with van der Waals surface area (Å²) >= 11 is 0. The van der Waals surface area contributed by atoms with Crippen molar-refractivity contribution in [1.29, 1.82) is 5.26 Å². The third-order valence-electron chi connectivity index (χ3n) is 6.91. The quantitative estimate of drug-likeness (QED) is 0.441. The van der Waals surface area contributed by atoms with E-state index in [-0.39, 0.29) is 29.6 Å². The number of hydrogen-bond donors (Lipinski definition) is 2. The number of nitrogens with two attached hydrogens (primary N) is 1. The van der Waals surface area contributed by atoms with E-state index in [1.807, 2.05) is 54.3 Å². The van der Waals surface area contributed by atoms with Gasteiger partial charge in [0.2, 0.25) is 5.91 Å². The average Bonchev–Trinajstić information content (AvgIpc) is 3.52. The van der Waals surface area contributed by atoms with Crippen molar-refractivity contribution < 1.29 is 9.59 Å². The number of nitrogens with zero attached hydrogens (tertiary/aromatic N) is 6. The molecule has 0 bridgehead atoms. The van der Waals surface area contributed by atoms with Crippen LogP contribution in [0.3, 0.4) is 0 Å². The Labute approximate surface area is 222 Å². The summed E-state index contributed by atoms with van der Waals surface area (Å²) in [6.45, 7) is 7.52. The zero-order valence-electron chi connectivity index (χ0n) is 21.7. The number of piperidine rings is 1. The van der Waals surface area contributed by atoms with Gasteiger partial charge in [-0.25, -0.2) is 4.68 Å². The number of aromatic nitrogens is 4. The maximum absolute atomic E-state index is 12.3. The molecule has 1 aliphatic heterocycles. The van der Waals surface area contributed by atoms with Crippen LogP contribution in [0, 0.1) is 17.2 Å². The molecule has 0 radical (unpaired) electrons. The Morgan fingerprint density at radius 3 is 2.53 bits per heavy atom. The standard InChI is InChI=1S/C25H28N8O2.C3H6/c26-11-8-25(33-17-21(22(27)34)23(30-33)29-24(35)19-6-7-19)9-12-31(13-10-25)15-18-14-28-32(16-18)20-4-2-1-3-5-20;1-3-2/h1-5,14,16-17,19H,6-10,12-13,15H2,(H2,27,34)(H,29,30,35);3H,1H2,2H3. The number of likely N-dealkylation sites (tertiary alicyclic amines) is 1. The summed E-state index contributed by atoms with van der Waals surface area (Å²) in [6.07, 6.45) is 10.6. The molecule has 3 aromatic rings. The van der Waals surface area contributed by atoms with Gasteiger partial charge in [-0.2, -0.15) is 15.5 Å². The second-order valence-corrected chi connectivity index (χ2v) is 9.84. The number of benzene rings is 1. The van der Waals surface area contributed by atoms with Gasteiger partial charge in [0.25, 0.3) is 5.91 Å². The second kappa shape index (κ2) is 11.9. The van der Waals surface area contributed by atoms with Crippen LogP contribution in [0.1, 0.15) is 54.9 Å². The topological polar surface area (TPSA) is 135 Å². The van der Waals surface area contributed by atoms with Gasteiger partial charge in [-0.05, 0) is 44.7 Å². The second-order valence-electron chi connectivity index (χ2n) is 9.84. The molecular formula is C28H34N8O2. The van der Waals surface area contributed by atoms with E-state index in [9.17, 15) is 14.9 Å². The first kappa shape index (κ1) is 26.8. The molecule has 0 unspecified atom stereocenters. The molecule has 198 valence electrons. The number of hydrogen-bond acceptors (Lipinski definition) is 6. The summed E-state index contributed by atoms with van der Waals surface area (Å²) in [5, 5.41) is 21.4. The highest BCUT2D eigenvalue weighted by Crippen LogP contribution is 2.36. The number of allylic oxidation sites excluding steroid dienone is 1. The van der Waals surface area contributed by atoms with Gasteiger partial charge < -0.3 is 11.1 Å². The smallest absolute Gasteiger partial charge is 0.254 e. The van der Waals surface area contributed by atoms with E-state index < -0.39 is 11.4 Å². The minimum absolute atomic E-state index is 0.0246. The largest absolute Gasteiger partial charge is 0.365 e. The van der Waals surface area contributed by atoms with Crippen molar-refractivity contribution in [2.24, 2.45) is 11.7 Å². The zero-order chi connectivity index (χ0) is 27.1. The first-order chi connectivity index (χ1) is 18.4. The lowest BCUT2D eigenvalue weighted by Gasteiger charge is -2.40. The highest BCUT2D eigenvalue weighted by molar-refractivity contribution is 6.02. The van der Waals surface area contributed by atoms with E-state index in [0.29, 0.717) is 12.8 Å². The Bertz CT molecular complexity index is 1310. The van der Waals surface area contributed by atoms with Crippen LogP contribution in [-0.2, 0) is 16.9 Å². The number of rotatable bonds is 8. The number of para-hydroxylation sites is 1. The minimum atomic E-state index is -0.651. The van der Waals surface area contributed by atoms with Crippen molar-refractivity contribution in [3.8, 4) is 11.8 Å². The van der Waals surface area contributed by atoms with E-state index in [1.54, 1.807) is 17.0 Å². The Morgan fingerprint density at radius 2 is 1.92 bits per heavy atom. The number of amides is 2. The van der Waals surface area contributed by atoms with E-state index >= 15 is 0 Å². The molecule has 1 saturated carbocycles. The number of carbonyl (C=O) groups is 2. The highest BCUT2D eigenvalue weighted by Gasteiger charge is 2.39. The van der Waals surface area contributed by atoms with Crippen molar-refractivity contribution in [3.05, 3.63) is 72.7 Å². The van der Waals surface area contributed by atoms with Crippen molar-refractivity contribution in [2.45, 2.75) is 51.1 Å². The van der Waals surface area contributed by atoms with Gasteiger partial charge in [-0.15, -0.1) is 6.58 Å². The van der Waals surface area contributed by atoms with Crippen LogP contribution in [0.2, 0.25) is 0 Å². The molecule has 2 amide bonds. The monoisotopic (exact) mass is 514 g/mol. The molecule has 2 fully saturated rings. The highest BCUT2D eigenvalue weighted by atomic mass is 16.2. The molecule has 0 spiro atoms. The van der Waals surface area contributed by atoms with Crippen LogP contribution in [0.4, 0.5) is 5.82 Å². The Morgan fingerprint density at radius 1 is 1.24 bits per heavy atom. The molecule has 10 heteroatoms. The van der Waals surface area contributed by atoms with Gasteiger partial charge in [-0.3, -0.25) is 19.2 Å². The minimum Gasteiger partial charge on any atom is -0.365 e. The molecule has 2 aliphatic rings. The fourth-order valence-electron chi connectivity index (χ4n) is 4.64. The number of nitriles is 1. The molecule has 3 heterocycles. The van der Waals surface area contributed by atoms with E-state index in [1.165, 1.54) is 0 Å². The zero-order valence-corrected chi connectivity index (χ0v) is 21.7. The normalized spacial score (nSPS) is 16.5.